The average Bonchev–Trinajstić information content (AvgIpc) is 2.69. The molecule has 0 amide bonds. The van der Waals surface area contributed by atoms with Crippen molar-refractivity contribution in [3.05, 3.63) is 52.1 Å². The van der Waals surface area contributed by atoms with Gasteiger partial charge in [-0.1, -0.05) is 6.07 Å². The van der Waals surface area contributed by atoms with Crippen LogP contribution in [0, 0.1) is 10.1 Å². The van der Waals surface area contributed by atoms with Crippen molar-refractivity contribution in [3.8, 4) is 28.7 Å². The molecule has 30 heavy (non-hydrogen) atoms. The maximum atomic E-state index is 12.2. The molecule has 2 aromatic carbocycles. The number of hydrogen-bond acceptors (Lipinski definition) is 8. The van der Waals surface area contributed by atoms with Gasteiger partial charge in [0.25, 0.3) is 0 Å². The second-order valence-corrected chi connectivity index (χ2v) is 6.58. The molecule has 0 bridgehead atoms. The van der Waals surface area contributed by atoms with Gasteiger partial charge in [-0.2, -0.15) is 0 Å². The van der Waals surface area contributed by atoms with Crippen molar-refractivity contribution in [3.63, 3.8) is 0 Å². The Balaban J connectivity index is 1.81. The molecule has 2 atom stereocenters. The average molecular weight is 415 g/mol. The zero-order chi connectivity index (χ0) is 21.8. The Labute approximate surface area is 172 Å². The van der Waals surface area contributed by atoms with Crippen LogP contribution in [0.25, 0.3) is 6.08 Å². The minimum atomic E-state index is -0.817. The molecule has 0 spiro atoms. The van der Waals surface area contributed by atoms with Crippen LogP contribution in [0.3, 0.4) is 0 Å². The van der Waals surface area contributed by atoms with Gasteiger partial charge in [-0.25, -0.2) is 4.79 Å². The van der Waals surface area contributed by atoms with E-state index in [2.05, 4.69) is 0 Å². The van der Waals surface area contributed by atoms with E-state index >= 15 is 0 Å². The fourth-order valence-electron chi connectivity index (χ4n) is 2.74. The summed E-state index contributed by atoms with van der Waals surface area (Å²) < 4.78 is 21.8. The number of fused-ring (bicyclic) bond motifs is 1. The van der Waals surface area contributed by atoms with E-state index in [0.29, 0.717) is 12.2 Å². The summed E-state index contributed by atoms with van der Waals surface area (Å²) in [5, 5.41) is 21.1. The van der Waals surface area contributed by atoms with E-state index in [1.165, 1.54) is 24.3 Å². The van der Waals surface area contributed by atoms with Gasteiger partial charge >= 0.3 is 11.7 Å². The summed E-state index contributed by atoms with van der Waals surface area (Å²) in [7, 11) is 0. The highest BCUT2D eigenvalue weighted by Gasteiger charge is 2.30. The van der Waals surface area contributed by atoms with Gasteiger partial charge in [0, 0.05) is 12.1 Å². The van der Waals surface area contributed by atoms with E-state index < -0.39 is 16.6 Å². The third-order valence-corrected chi connectivity index (χ3v) is 4.41. The van der Waals surface area contributed by atoms with Crippen molar-refractivity contribution in [1.29, 1.82) is 0 Å². The lowest BCUT2D eigenvalue weighted by Gasteiger charge is -2.29. The van der Waals surface area contributed by atoms with Gasteiger partial charge in [0.2, 0.25) is 5.75 Å². The fraction of sp³-hybridized carbons (Fsp3) is 0.286. The second-order valence-electron chi connectivity index (χ2n) is 6.58. The number of phenolic OH excluding ortho intramolecular Hbond substituents is 1. The number of hydrogen-bond donors (Lipinski definition) is 1. The summed E-state index contributed by atoms with van der Waals surface area (Å²) in [6, 6.07) is 7.02. The lowest BCUT2D eigenvalue weighted by atomic mass is 10.2. The van der Waals surface area contributed by atoms with E-state index in [1.807, 2.05) is 0 Å². The van der Waals surface area contributed by atoms with E-state index in [9.17, 15) is 20.0 Å². The van der Waals surface area contributed by atoms with Crippen LogP contribution in [0.2, 0.25) is 0 Å². The Morgan fingerprint density at radius 1 is 1.17 bits per heavy atom. The van der Waals surface area contributed by atoms with Crippen LogP contribution >= 0.6 is 0 Å². The van der Waals surface area contributed by atoms with E-state index in [1.54, 1.807) is 32.9 Å². The topological polar surface area (TPSA) is 117 Å². The van der Waals surface area contributed by atoms with E-state index in [4.69, 9.17) is 18.9 Å². The van der Waals surface area contributed by atoms with Gasteiger partial charge < -0.3 is 24.1 Å². The standard InChI is InChI=1S/C21H21NO8/c1-4-27-18-9-14(5-7-16(18)23)6-8-21(24)30-17-11-20-19(10-15(17)22(25)26)28-12(2)13(3)29-20/h5-13,23H,4H2,1-3H3/b8-6+. The quantitative estimate of drug-likeness (QED) is 0.248. The molecular formula is C21H21NO8. The van der Waals surface area contributed by atoms with Crippen LogP contribution in [0.15, 0.2) is 36.4 Å². The normalized spacial score (nSPS) is 17.6. The SMILES string of the molecule is CCOc1cc(/C=C/C(=O)Oc2cc3c(cc2[N+](=O)[O-])OC(C)C(C)O3)ccc1O. The molecule has 0 aromatic heterocycles. The predicted octanol–water partition coefficient (Wildman–Crippen LogP) is 3.87. The first-order valence-electron chi connectivity index (χ1n) is 9.30. The molecule has 1 aliphatic heterocycles. The van der Waals surface area contributed by atoms with Gasteiger partial charge in [0.1, 0.15) is 12.2 Å². The third-order valence-electron chi connectivity index (χ3n) is 4.41. The molecule has 0 radical (unpaired) electrons. The molecule has 9 nitrogen and oxygen atoms in total. The monoisotopic (exact) mass is 415 g/mol. The predicted molar refractivity (Wildman–Crippen MR) is 107 cm³/mol. The highest BCUT2D eigenvalue weighted by atomic mass is 16.6. The van der Waals surface area contributed by atoms with Gasteiger partial charge in [0.05, 0.1) is 17.6 Å². The lowest BCUT2D eigenvalue weighted by molar-refractivity contribution is -0.385. The summed E-state index contributed by atoms with van der Waals surface area (Å²) in [6.07, 6.45) is 2.02. The molecule has 0 saturated carbocycles. The molecule has 0 aliphatic carbocycles. The van der Waals surface area contributed by atoms with Crippen LogP contribution in [-0.2, 0) is 4.79 Å². The van der Waals surface area contributed by atoms with Crippen molar-refractivity contribution in [2.45, 2.75) is 33.0 Å². The summed E-state index contributed by atoms with van der Waals surface area (Å²) >= 11 is 0. The van der Waals surface area contributed by atoms with Crippen LogP contribution in [0.4, 0.5) is 5.69 Å². The van der Waals surface area contributed by atoms with Crippen molar-refractivity contribution in [2.24, 2.45) is 0 Å². The Morgan fingerprint density at radius 2 is 1.83 bits per heavy atom. The number of aromatic hydroxyl groups is 1. The zero-order valence-electron chi connectivity index (χ0n) is 16.7. The summed E-state index contributed by atoms with van der Waals surface area (Å²) in [4.78, 5) is 23.0. The first kappa shape index (κ1) is 21.0. The zero-order valence-corrected chi connectivity index (χ0v) is 16.7. The second kappa shape index (κ2) is 8.73. The molecule has 9 heteroatoms. The Bertz CT molecular complexity index is 1000. The van der Waals surface area contributed by atoms with Crippen LogP contribution in [-0.4, -0.2) is 34.8 Å². The number of carbonyl (C=O) groups is 1. The molecule has 0 saturated heterocycles. The fourth-order valence-corrected chi connectivity index (χ4v) is 2.74. The highest BCUT2D eigenvalue weighted by Crippen LogP contribution is 2.42. The van der Waals surface area contributed by atoms with Crippen LogP contribution in [0.1, 0.15) is 26.3 Å². The van der Waals surface area contributed by atoms with Crippen molar-refractivity contribution in [2.75, 3.05) is 6.61 Å². The minimum absolute atomic E-state index is 0.0213. The molecule has 3 rings (SSSR count). The molecule has 0 fully saturated rings. The number of nitro groups is 1. The van der Waals surface area contributed by atoms with E-state index in [0.717, 1.165) is 6.08 Å². The first-order chi connectivity index (χ1) is 14.3. The summed E-state index contributed by atoms with van der Waals surface area (Å²) in [5.74, 6) is -0.333. The van der Waals surface area contributed by atoms with Gasteiger partial charge in [-0.15, -0.1) is 0 Å². The molecular weight excluding hydrogens is 394 g/mol. The Morgan fingerprint density at radius 3 is 2.47 bits per heavy atom. The number of phenols is 1. The summed E-state index contributed by atoms with van der Waals surface area (Å²) in [5.41, 5.74) is 0.164. The van der Waals surface area contributed by atoms with Gasteiger partial charge in [0.15, 0.2) is 23.0 Å². The molecule has 2 unspecified atom stereocenters. The van der Waals surface area contributed by atoms with E-state index in [-0.39, 0.29) is 41.0 Å². The highest BCUT2D eigenvalue weighted by molar-refractivity contribution is 5.89. The molecule has 1 heterocycles. The number of rotatable bonds is 6. The summed E-state index contributed by atoms with van der Waals surface area (Å²) in [6.45, 7) is 5.74. The number of ether oxygens (including phenoxy) is 4. The van der Waals surface area contributed by atoms with Gasteiger partial charge in [-0.3, -0.25) is 10.1 Å². The van der Waals surface area contributed by atoms with Gasteiger partial charge in [-0.05, 0) is 44.5 Å². The Hall–Kier alpha value is -3.75. The number of nitrogens with zero attached hydrogens (tertiary/aromatic N) is 1. The number of carbonyl (C=O) groups excluding carboxylic acids is 1. The maximum absolute atomic E-state index is 12.2. The largest absolute Gasteiger partial charge is 0.504 e. The molecule has 2 aromatic rings. The van der Waals surface area contributed by atoms with Crippen molar-refractivity contribution >= 4 is 17.7 Å². The molecule has 1 N–H and O–H groups in total. The number of nitro benzene ring substituents is 1. The number of benzene rings is 2. The number of esters is 1. The van der Waals surface area contributed by atoms with Crippen molar-refractivity contribution < 1.29 is 33.8 Å². The maximum Gasteiger partial charge on any atom is 0.336 e. The molecule has 158 valence electrons. The minimum Gasteiger partial charge on any atom is -0.504 e. The lowest BCUT2D eigenvalue weighted by Crippen LogP contribution is -2.35. The van der Waals surface area contributed by atoms with Crippen LogP contribution < -0.4 is 18.9 Å². The smallest absolute Gasteiger partial charge is 0.336 e. The van der Waals surface area contributed by atoms with Crippen LogP contribution in [0.5, 0.6) is 28.7 Å². The first-order valence-corrected chi connectivity index (χ1v) is 9.30. The Kier molecular flexibility index (Phi) is 6.10. The third kappa shape index (κ3) is 4.62. The molecule has 1 aliphatic rings. The van der Waals surface area contributed by atoms with Crippen molar-refractivity contribution in [1.82, 2.24) is 0 Å².